The summed E-state index contributed by atoms with van der Waals surface area (Å²) in [5.41, 5.74) is 3.94. The van der Waals surface area contributed by atoms with Crippen molar-refractivity contribution in [3.63, 3.8) is 0 Å². The summed E-state index contributed by atoms with van der Waals surface area (Å²) in [7, 11) is 1.93. The summed E-state index contributed by atoms with van der Waals surface area (Å²) in [6.07, 6.45) is 8.60. The fourth-order valence-corrected chi connectivity index (χ4v) is 4.43. The van der Waals surface area contributed by atoms with Crippen LogP contribution >= 0.6 is 0 Å². The molecule has 2 unspecified atom stereocenters. The van der Waals surface area contributed by atoms with Crippen molar-refractivity contribution in [2.75, 3.05) is 39.4 Å². The van der Waals surface area contributed by atoms with Gasteiger partial charge in [-0.2, -0.15) is 5.10 Å². The standard InChI is InChI=1S/C24H35N5O2/c1-3-25-24(29-13-15-31-23(18-29)20-16-27-28(2)17-20)26-12-7-14-30-22-11-6-9-19-8-4-5-10-21(19)22/h4-5,8,10,16-17,22-23H,3,6-7,9,11-15,18H2,1-2H3,(H,25,26). The molecule has 1 aromatic carbocycles. The van der Waals surface area contributed by atoms with Crippen molar-refractivity contribution in [3.8, 4) is 0 Å². The van der Waals surface area contributed by atoms with Gasteiger partial charge in [-0.05, 0) is 43.7 Å². The van der Waals surface area contributed by atoms with E-state index in [4.69, 9.17) is 14.5 Å². The van der Waals surface area contributed by atoms with Gasteiger partial charge in [0.15, 0.2) is 5.96 Å². The molecule has 1 saturated heterocycles. The Morgan fingerprint density at radius 1 is 1.35 bits per heavy atom. The van der Waals surface area contributed by atoms with Crippen LogP contribution in [-0.4, -0.2) is 60.0 Å². The van der Waals surface area contributed by atoms with Crippen molar-refractivity contribution in [2.45, 2.75) is 44.8 Å². The van der Waals surface area contributed by atoms with E-state index in [1.54, 1.807) is 0 Å². The summed E-state index contributed by atoms with van der Waals surface area (Å²) in [4.78, 5) is 7.17. The molecular formula is C24H35N5O2. The van der Waals surface area contributed by atoms with Crippen molar-refractivity contribution < 1.29 is 9.47 Å². The first-order chi connectivity index (χ1) is 15.2. The van der Waals surface area contributed by atoms with E-state index >= 15 is 0 Å². The Morgan fingerprint density at radius 2 is 2.26 bits per heavy atom. The number of hydrogen-bond donors (Lipinski definition) is 1. The van der Waals surface area contributed by atoms with E-state index in [2.05, 4.69) is 46.5 Å². The number of morpholine rings is 1. The van der Waals surface area contributed by atoms with E-state index in [-0.39, 0.29) is 12.2 Å². The van der Waals surface area contributed by atoms with Gasteiger partial charge in [-0.1, -0.05) is 24.3 Å². The summed E-state index contributed by atoms with van der Waals surface area (Å²) in [6, 6.07) is 8.70. The highest BCUT2D eigenvalue weighted by molar-refractivity contribution is 5.80. The molecule has 2 aromatic rings. The zero-order valence-electron chi connectivity index (χ0n) is 18.8. The molecule has 31 heavy (non-hydrogen) atoms. The summed E-state index contributed by atoms with van der Waals surface area (Å²) >= 11 is 0. The first kappa shape index (κ1) is 21.8. The highest BCUT2D eigenvalue weighted by Crippen LogP contribution is 2.32. The van der Waals surface area contributed by atoms with Crippen LogP contribution < -0.4 is 5.32 Å². The largest absolute Gasteiger partial charge is 0.373 e. The fourth-order valence-electron chi connectivity index (χ4n) is 4.43. The molecule has 4 rings (SSSR count). The molecule has 1 aromatic heterocycles. The van der Waals surface area contributed by atoms with Crippen LogP contribution in [0.25, 0.3) is 0 Å². The van der Waals surface area contributed by atoms with Crippen molar-refractivity contribution in [2.24, 2.45) is 12.0 Å². The van der Waals surface area contributed by atoms with Gasteiger partial charge < -0.3 is 19.7 Å². The number of ether oxygens (including phenoxy) is 2. The fraction of sp³-hybridized carbons (Fsp3) is 0.583. The van der Waals surface area contributed by atoms with Crippen molar-refractivity contribution >= 4 is 5.96 Å². The molecule has 0 bridgehead atoms. The smallest absolute Gasteiger partial charge is 0.194 e. The Morgan fingerprint density at radius 3 is 3.10 bits per heavy atom. The minimum Gasteiger partial charge on any atom is -0.373 e. The predicted octanol–water partition coefficient (Wildman–Crippen LogP) is 3.24. The van der Waals surface area contributed by atoms with Crippen molar-refractivity contribution in [3.05, 3.63) is 53.3 Å². The lowest BCUT2D eigenvalue weighted by Crippen LogP contribution is -2.48. The molecular weight excluding hydrogens is 390 g/mol. The molecule has 2 atom stereocenters. The molecule has 168 valence electrons. The number of fused-ring (bicyclic) bond motifs is 1. The molecule has 0 radical (unpaired) electrons. The number of guanidine groups is 1. The van der Waals surface area contributed by atoms with Gasteiger partial charge in [0, 0.05) is 45.0 Å². The molecule has 2 aliphatic rings. The number of nitrogens with zero attached hydrogens (tertiary/aromatic N) is 4. The third-order valence-electron chi connectivity index (χ3n) is 5.99. The monoisotopic (exact) mass is 425 g/mol. The van der Waals surface area contributed by atoms with E-state index in [9.17, 15) is 0 Å². The van der Waals surface area contributed by atoms with Crippen molar-refractivity contribution in [1.82, 2.24) is 20.0 Å². The number of aryl methyl sites for hydroxylation is 2. The van der Waals surface area contributed by atoms with Crippen LogP contribution in [0.3, 0.4) is 0 Å². The van der Waals surface area contributed by atoms with Gasteiger partial charge in [-0.3, -0.25) is 9.67 Å². The second-order valence-corrected chi connectivity index (χ2v) is 8.29. The van der Waals surface area contributed by atoms with Crippen LogP contribution in [0.5, 0.6) is 0 Å². The lowest BCUT2D eigenvalue weighted by atomic mass is 9.89. The number of hydrogen-bond acceptors (Lipinski definition) is 4. The number of rotatable bonds is 7. The van der Waals surface area contributed by atoms with Crippen LogP contribution in [0.2, 0.25) is 0 Å². The topological polar surface area (TPSA) is 63.9 Å². The lowest BCUT2D eigenvalue weighted by molar-refractivity contribution is -0.00808. The molecule has 7 nitrogen and oxygen atoms in total. The van der Waals surface area contributed by atoms with Crippen molar-refractivity contribution in [1.29, 1.82) is 0 Å². The molecule has 1 aliphatic carbocycles. The Bertz CT molecular complexity index is 865. The van der Waals surface area contributed by atoms with Crippen LogP contribution in [0.1, 0.15) is 55.1 Å². The third kappa shape index (κ3) is 5.66. The van der Waals surface area contributed by atoms with Gasteiger partial charge in [-0.15, -0.1) is 0 Å². The number of benzene rings is 1. The normalized spacial score (nSPS) is 21.7. The zero-order valence-corrected chi connectivity index (χ0v) is 18.8. The predicted molar refractivity (Wildman–Crippen MR) is 122 cm³/mol. The minimum atomic E-state index is 0.0287. The summed E-state index contributed by atoms with van der Waals surface area (Å²) in [6.45, 7) is 6.77. The average molecular weight is 426 g/mol. The second kappa shape index (κ2) is 10.8. The van der Waals surface area contributed by atoms with Crippen LogP contribution in [0.4, 0.5) is 0 Å². The lowest BCUT2D eigenvalue weighted by Gasteiger charge is -2.34. The third-order valence-corrected chi connectivity index (χ3v) is 5.99. The molecule has 2 heterocycles. The van der Waals surface area contributed by atoms with Gasteiger partial charge in [-0.25, -0.2) is 0 Å². The van der Waals surface area contributed by atoms with Crippen LogP contribution in [-0.2, 0) is 22.9 Å². The van der Waals surface area contributed by atoms with Gasteiger partial charge in [0.05, 0.1) is 25.5 Å². The Kier molecular flexibility index (Phi) is 7.59. The maximum Gasteiger partial charge on any atom is 0.194 e. The van der Waals surface area contributed by atoms with Gasteiger partial charge >= 0.3 is 0 Å². The van der Waals surface area contributed by atoms with E-state index in [0.29, 0.717) is 6.61 Å². The Labute approximate surface area is 185 Å². The molecule has 7 heteroatoms. The second-order valence-electron chi connectivity index (χ2n) is 8.29. The highest BCUT2D eigenvalue weighted by Gasteiger charge is 2.25. The molecule has 1 fully saturated rings. The van der Waals surface area contributed by atoms with E-state index in [1.807, 2.05) is 24.1 Å². The van der Waals surface area contributed by atoms with Crippen LogP contribution in [0, 0.1) is 0 Å². The molecule has 1 N–H and O–H groups in total. The SMILES string of the molecule is CCNC(=NCCCOC1CCCc2ccccc21)N1CCOC(c2cnn(C)c2)C1. The molecule has 0 spiro atoms. The molecule has 0 amide bonds. The first-order valence-electron chi connectivity index (χ1n) is 11.6. The van der Waals surface area contributed by atoms with Crippen LogP contribution in [0.15, 0.2) is 41.7 Å². The summed E-state index contributed by atoms with van der Waals surface area (Å²) in [5.74, 6) is 0.961. The minimum absolute atomic E-state index is 0.0287. The summed E-state index contributed by atoms with van der Waals surface area (Å²) in [5, 5.41) is 7.72. The maximum absolute atomic E-state index is 6.24. The maximum atomic E-state index is 6.24. The van der Waals surface area contributed by atoms with E-state index in [0.717, 1.165) is 57.2 Å². The average Bonchev–Trinajstić information content (AvgIpc) is 3.25. The highest BCUT2D eigenvalue weighted by atomic mass is 16.5. The first-order valence-corrected chi connectivity index (χ1v) is 11.6. The Hall–Kier alpha value is -2.38. The number of aliphatic imine (C=N–C) groups is 1. The van der Waals surface area contributed by atoms with E-state index < -0.39 is 0 Å². The molecule has 1 aliphatic heterocycles. The van der Waals surface area contributed by atoms with E-state index in [1.165, 1.54) is 24.0 Å². The Balaban J connectivity index is 1.28. The quantitative estimate of drug-likeness (QED) is 0.419. The number of aromatic nitrogens is 2. The molecule has 0 saturated carbocycles. The summed E-state index contributed by atoms with van der Waals surface area (Å²) < 4.78 is 14.0. The zero-order chi connectivity index (χ0) is 21.5. The van der Waals surface area contributed by atoms with Gasteiger partial charge in [0.1, 0.15) is 6.10 Å². The van der Waals surface area contributed by atoms with Gasteiger partial charge in [0.25, 0.3) is 0 Å². The van der Waals surface area contributed by atoms with Gasteiger partial charge in [0.2, 0.25) is 0 Å². The number of nitrogens with one attached hydrogen (secondary N) is 1.